The molecule has 0 bridgehead atoms. The summed E-state index contributed by atoms with van der Waals surface area (Å²) in [7, 11) is 1.66. The molecule has 0 radical (unpaired) electrons. The molecule has 2 aliphatic carbocycles. The third-order valence-corrected chi connectivity index (χ3v) is 5.01. The lowest BCUT2D eigenvalue weighted by molar-refractivity contribution is 0.0188. The van der Waals surface area contributed by atoms with Gasteiger partial charge in [0.2, 0.25) is 0 Å². The van der Waals surface area contributed by atoms with Crippen molar-refractivity contribution in [3.05, 3.63) is 41.6 Å². The molecule has 3 heteroatoms. The van der Waals surface area contributed by atoms with Crippen LogP contribution < -0.4 is 0 Å². The molecule has 21 heavy (non-hydrogen) atoms. The highest BCUT2D eigenvalue weighted by Gasteiger charge is 2.29. The zero-order valence-corrected chi connectivity index (χ0v) is 12.3. The number of aliphatic hydroxyl groups is 1. The first-order valence-corrected chi connectivity index (χ1v) is 7.80. The molecule has 1 aromatic carbocycles. The van der Waals surface area contributed by atoms with Crippen LogP contribution in [0, 0.1) is 0 Å². The van der Waals surface area contributed by atoms with Crippen LogP contribution in [0.2, 0.25) is 0 Å². The smallest absolute Gasteiger partial charge is 0.102 e. The molecule has 1 aromatic heterocycles. The lowest BCUT2D eigenvalue weighted by Crippen LogP contribution is -2.27. The van der Waals surface area contributed by atoms with Gasteiger partial charge in [-0.1, -0.05) is 24.3 Å². The second kappa shape index (κ2) is 5.00. The van der Waals surface area contributed by atoms with Gasteiger partial charge in [-0.2, -0.15) is 0 Å². The van der Waals surface area contributed by atoms with Crippen LogP contribution >= 0.6 is 0 Å². The number of para-hydroxylation sites is 1. The quantitative estimate of drug-likeness (QED) is 0.917. The van der Waals surface area contributed by atoms with Crippen LogP contribution in [0.5, 0.6) is 0 Å². The zero-order valence-electron chi connectivity index (χ0n) is 12.3. The summed E-state index contributed by atoms with van der Waals surface area (Å²) in [6.07, 6.45) is 7.95. The highest BCUT2D eigenvalue weighted by Crippen LogP contribution is 2.40. The molecule has 3 nitrogen and oxygen atoms in total. The largest absolute Gasteiger partial charge is 0.390 e. The Hall–Kier alpha value is -1.58. The van der Waals surface area contributed by atoms with Gasteiger partial charge in [0.25, 0.3) is 0 Å². The summed E-state index contributed by atoms with van der Waals surface area (Å²) in [5, 5.41) is 11.7. The summed E-state index contributed by atoms with van der Waals surface area (Å²) in [6, 6.07) is 9.18. The first-order chi connectivity index (χ1) is 10.3. The third-order valence-electron chi connectivity index (χ3n) is 5.01. The Bertz CT molecular complexity index is 697. The van der Waals surface area contributed by atoms with E-state index in [4.69, 9.17) is 4.74 Å². The van der Waals surface area contributed by atoms with E-state index in [1.54, 1.807) is 7.11 Å². The van der Waals surface area contributed by atoms with Gasteiger partial charge in [0, 0.05) is 36.2 Å². The molecular weight excluding hydrogens is 262 g/mol. The van der Waals surface area contributed by atoms with Crippen molar-refractivity contribution in [1.82, 2.24) is 4.57 Å². The summed E-state index contributed by atoms with van der Waals surface area (Å²) in [4.78, 5) is 0. The van der Waals surface area contributed by atoms with Gasteiger partial charge in [-0.05, 0) is 37.0 Å². The monoisotopic (exact) mass is 283 g/mol. The van der Waals surface area contributed by atoms with Crippen molar-refractivity contribution in [2.75, 3.05) is 7.11 Å². The van der Waals surface area contributed by atoms with Crippen molar-refractivity contribution in [3.8, 4) is 0 Å². The predicted octanol–water partition coefficient (Wildman–Crippen LogP) is 3.31. The molecule has 110 valence electrons. The molecule has 4 rings (SSSR count). The Morgan fingerprint density at radius 1 is 1.24 bits per heavy atom. The van der Waals surface area contributed by atoms with Crippen molar-refractivity contribution >= 4 is 17.0 Å². The second-order valence-electron chi connectivity index (χ2n) is 6.17. The van der Waals surface area contributed by atoms with Gasteiger partial charge in [-0.15, -0.1) is 0 Å². The van der Waals surface area contributed by atoms with E-state index in [0.29, 0.717) is 12.5 Å². The number of hydrogen-bond donors (Lipinski definition) is 1. The highest BCUT2D eigenvalue weighted by molar-refractivity contribution is 5.88. The average molecular weight is 283 g/mol. The van der Waals surface area contributed by atoms with E-state index in [1.165, 1.54) is 41.4 Å². The molecule has 2 aromatic rings. The minimum atomic E-state index is -0.479. The van der Waals surface area contributed by atoms with E-state index < -0.39 is 6.10 Å². The first kappa shape index (κ1) is 13.1. The Labute approximate surface area is 124 Å². The van der Waals surface area contributed by atoms with Crippen molar-refractivity contribution in [3.63, 3.8) is 0 Å². The Kier molecular flexibility index (Phi) is 3.12. The molecule has 0 saturated heterocycles. The minimum Gasteiger partial charge on any atom is -0.390 e. The molecule has 1 fully saturated rings. The molecule has 2 atom stereocenters. The predicted molar refractivity (Wildman–Crippen MR) is 84.4 cm³/mol. The summed E-state index contributed by atoms with van der Waals surface area (Å²) < 4.78 is 7.87. The van der Waals surface area contributed by atoms with E-state index in [0.717, 1.165) is 0 Å². The number of benzene rings is 1. The molecule has 2 unspecified atom stereocenters. The molecule has 1 saturated carbocycles. The highest BCUT2D eigenvalue weighted by atomic mass is 16.5. The summed E-state index contributed by atoms with van der Waals surface area (Å²) in [5.41, 5.74) is 3.83. The van der Waals surface area contributed by atoms with Crippen LogP contribution in [0.3, 0.4) is 0 Å². The van der Waals surface area contributed by atoms with Crippen LogP contribution in [0.15, 0.2) is 30.3 Å². The van der Waals surface area contributed by atoms with Crippen molar-refractivity contribution in [2.24, 2.45) is 0 Å². The molecule has 2 aliphatic rings. The molecule has 1 N–H and O–H groups in total. The SMILES string of the molecule is COC1C=Cc2c(c3ccccc3n2C2CCC2)CC1O. The number of methoxy groups -OCH3 is 1. The molecule has 0 amide bonds. The standard InChI is InChI=1S/C18H21NO2/c1-21-18-10-9-16-14(11-17(18)20)13-7-2-3-8-15(13)19(16)12-5-4-6-12/h2-3,7-10,12,17-18,20H,4-6,11H2,1H3. The summed E-state index contributed by atoms with van der Waals surface area (Å²) in [5.74, 6) is 0. The lowest BCUT2D eigenvalue weighted by Gasteiger charge is -2.29. The van der Waals surface area contributed by atoms with Gasteiger partial charge in [0.05, 0.1) is 6.10 Å². The van der Waals surface area contributed by atoms with E-state index in [9.17, 15) is 5.11 Å². The maximum Gasteiger partial charge on any atom is 0.102 e. The van der Waals surface area contributed by atoms with E-state index in [-0.39, 0.29) is 6.10 Å². The van der Waals surface area contributed by atoms with Gasteiger partial charge < -0.3 is 14.4 Å². The van der Waals surface area contributed by atoms with Crippen molar-refractivity contribution < 1.29 is 9.84 Å². The molecule has 0 spiro atoms. The topological polar surface area (TPSA) is 34.4 Å². The van der Waals surface area contributed by atoms with Gasteiger partial charge >= 0.3 is 0 Å². The second-order valence-corrected chi connectivity index (χ2v) is 6.17. The lowest BCUT2D eigenvalue weighted by atomic mass is 9.92. The fourth-order valence-corrected chi connectivity index (χ4v) is 3.66. The van der Waals surface area contributed by atoms with Crippen LogP contribution in [-0.2, 0) is 11.2 Å². The third kappa shape index (κ3) is 1.95. The number of fused-ring (bicyclic) bond motifs is 3. The first-order valence-electron chi connectivity index (χ1n) is 7.80. The van der Waals surface area contributed by atoms with Crippen LogP contribution in [0.1, 0.15) is 36.6 Å². The normalized spacial score (nSPS) is 25.6. The maximum atomic E-state index is 10.4. The molecule has 0 aliphatic heterocycles. The summed E-state index contributed by atoms with van der Waals surface area (Å²) in [6.45, 7) is 0. The number of aliphatic hydroxyl groups excluding tert-OH is 1. The number of rotatable bonds is 2. The molecular formula is C18H21NO2. The Balaban J connectivity index is 1.94. The number of ether oxygens (including phenoxy) is 1. The Morgan fingerprint density at radius 2 is 2.05 bits per heavy atom. The zero-order chi connectivity index (χ0) is 14.4. The van der Waals surface area contributed by atoms with E-state index in [2.05, 4.69) is 34.9 Å². The van der Waals surface area contributed by atoms with Gasteiger partial charge in [0.15, 0.2) is 0 Å². The van der Waals surface area contributed by atoms with Crippen LogP contribution in [-0.4, -0.2) is 29.0 Å². The van der Waals surface area contributed by atoms with Crippen molar-refractivity contribution in [1.29, 1.82) is 0 Å². The average Bonchev–Trinajstić information content (AvgIpc) is 2.63. The van der Waals surface area contributed by atoms with Gasteiger partial charge in [-0.25, -0.2) is 0 Å². The van der Waals surface area contributed by atoms with Crippen molar-refractivity contribution in [2.45, 2.75) is 43.9 Å². The van der Waals surface area contributed by atoms with Gasteiger partial charge in [-0.3, -0.25) is 0 Å². The van der Waals surface area contributed by atoms with Crippen LogP contribution in [0.25, 0.3) is 17.0 Å². The van der Waals surface area contributed by atoms with Gasteiger partial charge in [0.1, 0.15) is 6.10 Å². The number of aromatic nitrogens is 1. The van der Waals surface area contributed by atoms with E-state index >= 15 is 0 Å². The van der Waals surface area contributed by atoms with Crippen LogP contribution in [0.4, 0.5) is 0 Å². The maximum absolute atomic E-state index is 10.4. The minimum absolute atomic E-state index is 0.217. The number of hydrogen-bond acceptors (Lipinski definition) is 2. The summed E-state index contributed by atoms with van der Waals surface area (Å²) >= 11 is 0. The Morgan fingerprint density at radius 3 is 2.76 bits per heavy atom. The molecule has 1 heterocycles. The number of nitrogens with zero attached hydrogens (tertiary/aromatic N) is 1. The fourth-order valence-electron chi connectivity index (χ4n) is 3.66. The fraction of sp³-hybridized carbons (Fsp3) is 0.444. The van der Waals surface area contributed by atoms with E-state index in [1.807, 2.05) is 6.08 Å².